The molecule has 0 saturated heterocycles. The fourth-order valence-electron chi connectivity index (χ4n) is 4.35. The molecule has 0 spiro atoms. The van der Waals surface area contributed by atoms with Crippen LogP contribution in [0, 0.1) is 0 Å². The summed E-state index contributed by atoms with van der Waals surface area (Å²) in [7, 11) is 0. The summed E-state index contributed by atoms with van der Waals surface area (Å²) >= 11 is 0. The van der Waals surface area contributed by atoms with Crippen LogP contribution in [0.3, 0.4) is 0 Å². The normalized spacial score (nSPS) is 10.1. The maximum atomic E-state index is 10.8. The topological polar surface area (TPSA) is 421 Å². The molecule has 0 aliphatic carbocycles. The first-order chi connectivity index (χ1) is 25.0. The molecule has 0 atom stereocenters. The summed E-state index contributed by atoms with van der Waals surface area (Å²) in [5.41, 5.74) is 0. The summed E-state index contributed by atoms with van der Waals surface area (Å²) in [5, 5.41) is 107. The second-order valence-electron chi connectivity index (χ2n) is 11.1. The predicted octanol–water partition coefficient (Wildman–Crippen LogP) is -18.7. The van der Waals surface area contributed by atoms with Crippen molar-refractivity contribution in [1.29, 1.82) is 0 Å². The maximum absolute atomic E-state index is 10.8. The Balaban J connectivity index is -0.000000169. The van der Waals surface area contributed by atoms with Gasteiger partial charge in [0.05, 0.1) is 59.7 Å². The van der Waals surface area contributed by atoms with Gasteiger partial charge in [-0.25, -0.2) is 0 Å². The first-order valence-corrected chi connectivity index (χ1v) is 15.3. The van der Waals surface area contributed by atoms with E-state index in [2.05, 4.69) is 0 Å². The summed E-state index contributed by atoms with van der Waals surface area (Å²) in [6, 6.07) is 0. The van der Waals surface area contributed by atoms with Crippen LogP contribution in [0.1, 0.15) is 0 Å². The smallest absolute Gasteiger partial charge is 0.549 e. The summed E-state index contributed by atoms with van der Waals surface area (Å²) in [6.07, 6.45) is 0. The molecule has 59 heavy (non-hydrogen) atoms. The average Bonchev–Trinajstić information content (AvgIpc) is 2.97. The van der Waals surface area contributed by atoms with Crippen LogP contribution >= 0.6 is 0 Å². The zero-order valence-corrected chi connectivity index (χ0v) is 34.8. The fraction of sp³-hybridized carbons (Fsp3) is 0.643. The molecule has 5 radical (unpaired) electrons. The molecular weight excluding hydrogens is 1060 g/mol. The number of hydrogen-bond acceptors (Lipinski definition) is 26. The number of carboxylic acids is 10. The molecule has 0 bridgehead atoms. The Morgan fingerprint density at radius 2 is 0.288 bits per heavy atom. The Morgan fingerprint density at radius 3 is 0.390 bits per heavy atom. The van der Waals surface area contributed by atoms with Crippen molar-refractivity contribution in [3.8, 4) is 0 Å². The average molecular weight is 1090 g/mol. The van der Waals surface area contributed by atoms with Crippen molar-refractivity contribution in [1.82, 2.24) is 29.4 Å². The van der Waals surface area contributed by atoms with E-state index in [-0.39, 0.29) is 138 Å². The first-order valence-electron chi connectivity index (χ1n) is 15.3. The van der Waals surface area contributed by atoms with Crippen molar-refractivity contribution in [2.45, 2.75) is 0 Å². The molecule has 353 valence electrons. The van der Waals surface area contributed by atoms with Gasteiger partial charge in [-0.1, -0.05) is 0 Å². The van der Waals surface area contributed by atoms with E-state index in [1.54, 1.807) is 0 Å². The molecular formula is C28H36Cu5N6O20. The largest absolute Gasteiger partial charge is 2.00 e. The molecule has 0 aromatic heterocycles. The van der Waals surface area contributed by atoms with Gasteiger partial charge in [0.1, 0.15) is 0 Å². The van der Waals surface area contributed by atoms with Gasteiger partial charge >= 0.3 is 85.3 Å². The van der Waals surface area contributed by atoms with E-state index < -0.39 is 125 Å². The molecule has 31 heteroatoms. The minimum absolute atomic E-state index is 0. The summed E-state index contributed by atoms with van der Waals surface area (Å²) < 4.78 is 0. The van der Waals surface area contributed by atoms with Crippen molar-refractivity contribution in [3.05, 3.63) is 0 Å². The van der Waals surface area contributed by atoms with E-state index in [1.807, 2.05) is 0 Å². The van der Waals surface area contributed by atoms with Gasteiger partial charge in [0.15, 0.2) is 0 Å². The number of aliphatic carboxylic acids is 10. The van der Waals surface area contributed by atoms with Crippen LogP contribution < -0.4 is 51.1 Å². The number of carboxylic acid groups (broad SMARTS) is 10. The molecule has 0 heterocycles. The van der Waals surface area contributed by atoms with E-state index in [9.17, 15) is 99.0 Å². The van der Waals surface area contributed by atoms with Crippen LogP contribution in [0.15, 0.2) is 0 Å². The Bertz CT molecular complexity index is 1080. The summed E-state index contributed by atoms with van der Waals surface area (Å²) in [6.45, 7) is -8.32. The number of nitrogens with zero attached hydrogens (tertiary/aromatic N) is 6. The van der Waals surface area contributed by atoms with Crippen LogP contribution in [0.5, 0.6) is 0 Å². The second kappa shape index (κ2) is 40.5. The Kier molecular flexibility index (Phi) is 48.4. The molecule has 0 N–H and O–H groups in total. The minimum Gasteiger partial charge on any atom is -0.549 e. The van der Waals surface area contributed by atoms with Gasteiger partial charge in [-0.3, -0.25) is 29.4 Å². The third-order valence-electron chi connectivity index (χ3n) is 6.46. The fourth-order valence-corrected chi connectivity index (χ4v) is 4.35. The molecule has 0 fully saturated rings. The molecule has 0 aliphatic heterocycles. The van der Waals surface area contributed by atoms with Crippen LogP contribution in [0.25, 0.3) is 0 Å². The molecule has 0 aromatic carbocycles. The van der Waals surface area contributed by atoms with Crippen molar-refractivity contribution < 1.29 is 184 Å². The van der Waals surface area contributed by atoms with Gasteiger partial charge < -0.3 is 99.0 Å². The van der Waals surface area contributed by atoms with Crippen LogP contribution in [0.4, 0.5) is 0 Å². The second-order valence-corrected chi connectivity index (χ2v) is 11.1. The third kappa shape index (κ3) is 47.6. The molecule has 0 rings (SSSR count). The van der Waals surface area contributed by atoms with E-state index in [0.29, 0.717) is 0 Å². The zero-order valence-electron chi connectivity index (χ0n) is 30.1. The summed E-state index contributed by atoms with van der Waals surface area (Å²) in [5.74, 6) is -15.3. The van der Waals surface area contributed by atoms with E-state index in [0.717, 1.165) is 19.6 Å². The van der Waals surface area contributed by atoms with Crippen LogP contribution in [0.2, 0.25) is 0 Å². The molecule has 0 saturated carbocycles. The molecule has 0 aliphatic rings. The molecule has 0 amide bonds. The van der Waals surface area contributed by atoms with Gasteiger partial charge in [-0.2, -0.15) is 0 Å². The van der Waals surface area contributed by atoms with Crippen molar-refractivity contribution in [3.63, 3.8) is 0 Å². The monoisotopic (exact) mass is 1090 g/mol. The van der Waals surface area contributed by atoms with Gasteiger partial charge in [-0.05, 0) is 0 Å². The van der Waals surface area contributed by atoms with Crippen molar-refractivity contribution in [2.24, 2.45) is 0 Å². The molecule has 0 unspecified atom stereocenters. The quantitative estimate of drug-likeness (QED) is 0.0565. The number of hydrogen-bond donors (Lipinski definition) is 0. The zero-order chi connectivity index (χ0) is 42.0. The third-order valence-corrected chi connectivity index (χ3v) is 6.46. The Hall–Kier alpha value is -2.94. The van der Waals surface area contributed by atoms with Crippen molar-refractivity contribution >= 4 is 59.7 Å². The van der Waals surface area contributed by atoms with Gasteiger partial charge in [-0.15, -0.1) is 0 Å². The van der Waals surface area contributed by atoms with Crippen LogP contribution in [-0.4, -0.2) is 207 Å². The van der Waals surface area contributed by atoms with Gasteiger partial charge in [0, 0.05) is 118 Å². The molecule has 26 nitrogen and oxygen atoms in total. The molecule has 0 aromatic rings. The number of carbonyl (C=O) groups is 10. The number of rotatable bonds is 32. The van der Waals surface area contributed by atoms with Crippen LogP contribution in [-0.2, 0) is 133 Å². The van der Waals surface area contributed by atoms with E-state index >= 15 is 0 Å². The SMILES string of the molecule is O=C([O-])CN(CCN(CC(=O)[O-])CC(=O)[O-])CCN(CC(=O)[O-])CC(=O)[O-].O=C([O-])CN(CCN(CC(=O)[O-])CC(=O)[O-])CCN(CC(=O)[O-])CC(=O)[O-].[Cu+2].[Cu+2].[Cu+2].[Cu+2].[Cu+2]. The Labute approximate surface area is 389 Å². The van der Waals surface area contributed by atoms with E-state index in [1.165, 1.54) is 9.80 Å². The summed E-state index contributed by atoms with van der Waals surface area (Å²) in [4.78, 5) is 113. The Morgan fingerprint density at radius 1 is 0.203 bits per heavy atom. The standard InChI is InChI=1S/2C14H23N3O10.5Cu/c2*18-10(19)5-15(1-3-16(6-11(20)21)7-12(22)23)2-4-17(8-13(24)25)9-14(26)27;;;;;/h2*1-9H2,(H,18,19)(H,20,21)(H,22,23)(H,24,25)(H,26,27);;;;;/q;;5*+2/p-10. The van der Waals surface area contributed by atoms with E-state index in [4.69, 9.17) is 0 Å². The number of carbonyl (C=O) groups excluding carboxylic acids is 10. The van der Waals surface area contributed by atoms with Gasteiger partial charge in [0.2, 0.25) is 0 Å². The van der Waals surface area contributed by atoms with Crippen molar-refractivity contribution in [2.75, 3.05) is 118 Å². The first kappa shape index (κ1) is 70.6. The predicted molar refractivity (Wildman–Crippen MR) is 149 cm³/mol. The minimum atomic E-state index is -1.54. The maximum Gasteiger partial charge on any atom is 2.00 e. The van der Waals surface area contributed by atoms with Gasteiger partial charge in [0.25, 0.3) is 0 Å².